The lowest BCUT2D eigenvalue weighted by molar-refractivity contribution is -0.384. The Balaban J connectivity index is 2.19. The summed E-state index contributed by atoms with van der Waals surface area (Å²) in [6.45, 7) is 0. The van der Waals surface area contributed by atoms with E-state index in [9.17, 15) is 23.3 Å². The van der Waals surface area contributed by atoms with Gasteiger partial charge < -0.3 is 5.32 Å². The first kappa shape index (κ1) is 15.3. The molecule has 0 saturated carbocycles. The number of nitro groups is 1. The molecule has 21 heavy (non-hydrogen) atoms. The Morgan fingerprint density at radius 3 is 2.43 bits per heavy atom. The third kappa shape index (κ3) is 3.53. The average molecular weight is 347 g/mol. The predicted molar refractivity (Wildman–Crippen MR) is 77.1 cm³/mol. The summed E-state index contributed by atoms with van der Waals surface area (Å²) >= 11 is 5.45. The minimum absolute atomic E-state index is 0.134. The fourth-order valence-electron chi connectivity index (χ4n) is 1.23. The van der Waals surface area contributed by atoms with Gasteiger partial charge in [-0.15, -0.1) is 0 Å². The second kappa shape index (κ2) is 5.75. The highest BCUT2D eigenvalue weighted by Crippen LogP contribution is 2.19. The maximum Gasteiger partial charge on any atom is 0.358 e. The molecule has 0 unspecified atom stereocenters. The molecule has 0 radical (unpaired) electrons. The van der Waals surface area contributed by atoms with Gasteiger partial charge in [0, 0.05) is 12.1 Å². The minimum Gasteiger partial charge on any atom is -0.305 e. The van der Waals surface area contributed by atoms with E-state index in [1.54, 1.807) is 0 Å². The zero-order valence-corrected chi connectivity index (χ0v) is 12.3. The molecule has 1 saturated heterocycles. The largest absolute Gasteiger partial charge is 0.358 e. The molecule has 1 aliphatic heterocycles. The fourth-order valence-corrected chi connectivity index (χ4v) is 2.87. The number of amides is 1. The summed E-state index contributed by atoms with van der Waals surface area (Å²) in [5.74, 6) is -0.663. The number of oxime groups is 1. The molecule has 1 N–H and O–H groups in total. The van der Waals surface area contributed by atoms with Crippen LogP contribution in [0.3, 0.4) is 0 Å². The summed E-state index contributed by atoms with van der Waals surface area (Å²) in [5.41, 5.74) is -0.267. The van der Waals surface area contributed by atoms with Crippen LogP contribution >= 0.6 is 24.0 Å². The van der Waals surface area contributed by atoms with Crippen LogP contribution in [0, 0.1) is 10.1 Å². The lowest BCUT2D eigenvalue weighted by Crippen LogP contribution is -2.21. The monoisotopic (exact) mass is 347 g/mol. The summed E-state index contributed by atoms with van der Waals surface area (Å²) in [6, 6.07) is 4.02. The standard InChI is InChI=1S/C9H5N3O6S3/c13-7-8(20-9(19)10-7)11-18-21(16,17)6-3-1-5(2-4-6)12(14)15/h1-4H,(H,10,13,19)/b11-8-. The Bertz CT molecular complexity index is 755. The molecular formula is C9H5N3O6S3. The van der Waals surface area contributed by atoms with Gasteiger partial charge in [-0.3, -0.25) is 19.2 Å². The van der Waals surface area contributed by atoms with E-state index in [-0.39, 0.29) is 19.9 Å². The number of rotatable bonds is 4. The predicted octanol–water partition coefficient (Wildman–Crippen LogP) is 0.761. The zero-order valence-electron chi connectivity index (χ0n) is 9.88. The Hall–Kier alpha value is -2.05. The maximum absolute atomic E-state index is 11.8. The molecule has 1 aliphatic rings. The topological polar surface area (TPSA) is 128 Å². The Kier molecular flexibility index (Phi) is 4.20. The summed E-state index contributed by atoms with van der Waals surface area (Å²) in [6.07, 6.45) is 0. The van der Waals surface area contributed by atoms with E-state index >= 15 is 0 Å². The molecule has 1 amide bonds. The van der Waals surface area contributed by atoms with Gasteiger partial charge in [-0.1, -0.05) is 17.4 Å². The van der Waals surface area contributed by atoms with Crippen molar-refractivity contribution in [3.63, 3.8) is 0 Å². The molecule has 12 heteroatoms. The van der Waals surface area contributed by atoms with Crippen molar-refractivity contribution in [3.05, 3.63) is 34.4 Å². The lowest BCUT2D eigenvalue weighted by Gasteiger charge is -2.01. The molecule has 1 aromatic rings. The first-order valence-electron chi connectivity index (χ1n) is 5.09. The number of carbonyl (C=O) groups excluding carboxylic acids is 1. The van der Waals surface area contributed by atoms with Crippen molar-refractivity contribution in [2.24, 2.45) is 5.16 Å². The summed E-state index contributed by atoms with van der Waals surface area (Å²) in [7, 11) is -4.28. The van der Waals surface area contributed by atoms with Gasteiger partial charge in [0.25, 0.3) is 11.6 Å². The van der Waals surface area contributed by atoms with E-state index in [2.05, 4.69) is 14.8 Å². The van der Waals surface area contributed by atoms with Crippen molar-refractivity contribution in [1.29, 1.82) is 0 Å². The fraction of sp³-hybridized carbons (Fsp3) is 0. The number of benzene rings is 1. The number of nitrogens with zero attached hydrogens (tertiary/aromatic N) is 2. The Morgan fingerprint density at radius 1 is 1.33 bits per heavy atom. The SMILES string of the molecule is O=C1NC(=S)S/C1=N\OS(=O)(=O)c1ccc([N+](=O)[O-])cc1. The van der Waals surface area contributed by atoms with Gasteiger partial charge in [0.2, 0.25) is 5.04 Å². The third-order valence-corrected chi connectivity index (χ3v) is 4.37. The quantitative estimate of drug-likeness (QED) is 0.480. The number of carbonyl (C=O) groups is 1. The van der Waals surface area contributed by atoms with Crippen LogP contribution in [0.2, 0.25) is 0 Å². The number of hydrogen-bond donors (Lipinski definition) is 1. The second-order valence-electron chi connectivity index (χ2n) is 3.52. The molecule has 0 atom stereocenters. The van der Waals surface area contributed by atoms with Gasteiger partial charge in [-0.2, -0.15) is 8.42 Å². The van der Waals surface area contributed by atoms with E-state index < -0.39 is 20.9 Å². The van der Waals surface area contributed by atoms with E-state index in [1.165, 1.54) is 0 Å². The summed E-state index contributed by atoms with van der Waals surface area (Å²) < 4.78 is 28.1. The molecular weight excluding hydrogens is 342 g/mol. The van der Waals surface area contributed by atoms with Crippen molar-refractivity contribution in [3.8, 4) is 0 Å². The molecule has 2 rings (SSSR count). The highest BCUT2D eigenvalue weighted by atomic mass is 32.2. The molecule has 0 aromatic heterocycles. The van der Waals surface area contributed by atoms with Crippen LogP contribution in [0.25, 0.3) is 0 Å². The smallest absolute Gasteiger partial charge is 0.305 e. The molecule has 0 bridgehead atoms. The molecule has 1 fully saturated rings. The summed E-state index contributed by atoms with van der Waals surface area (Å²) in [4.78, 5) is 20.7. The van der Waals surface area contributed by atoms with Gasteiger partial charge in [0.15, 0.2) is 0 Å². The molecule has 0 aliphatic carbocycles. The van der Waals surface area contributed by atoms with Crippen LogP contribution in [0.4, 0.5) is 5.69 Å². The lowest BCUT2D eigenvalue weighted by atomic mass is 10.3. The van der Waals surface area contributed by atoms with Gasteiger partial charge in [0.05, 0.1) is 4.92 Å². The van der Waals surface area contributed by atoms with E-state index in [0.29, 0.717) is 0 Å². The number of nitrogens with one attached hydrogen (secondary N) is 1. The average Bonchev–Trinajstić information content (AvgIpc) is 2.75. The van der Waals surface area contributed by atoms with Crippen molar-refractivity contribution < 1.29 is 22.4 Å². The second-order valence-corrected chi connectivity index (χ2v) is 6.71. The first-order chi connectivity index (χ1) is 9.79. The van der Waals surface area contributed by atoms with Crippen LogP contribution in [0.5, 0.6) is 0 Å². The van der Waals surface area contributed by atoms with E-state index in [0.717, 1.165) is 36.0 Å². The molecule has 9 nitrogen and oxygen atoms in total. The van der Waals surface area contributed by atoms with Crippen LogP contribution in [0.1, 0.15) is 0 Å². The van der Waals surface area contributed by atoms with Crippen molar-refractivity contribution in [2.45, 2.75) is 4.90 Å². The number of non-ortho nitro benzene ring substituents is 1. The van der Waals surface area contributed by atoms with Crippen LogP contribution in [0.15, 0.2) is 34.3 Å². The first-order valence-corrected chi connectivity index (χ1v) is 7.72. The van der Waals surface area contributed by atoms with Gasteiger partial charge in [-0.05, 0) is 23.9 Å². The van der Waals surface area contributed by atoms with Gasteiger partial charge in [0.1, 0.15) is 9.22 Å². The number of thioether (sulfide) groups is 1. The van der Waals surface area contributed by atoms with Crippen molar-refractivity contribution >= 4 is 55.1 Å². The van der Waals surface area contributed by atoms with Crippen LogP contribution in [-0.2, 0) is 19.2 Å². The van der Waals surface area contributed by atoms with Gasteiger partial charge >= 0.3 is 10.1 Å². The highest BCUT2D eigenvalue weighted by molar-refractivity contribution is 8.35. The third-order valence-electron chi connectivity index (χ3n) is 2.15. The van der Waals surface area contributed by atoms with Crippen molar-refractivity contribution in [2.75, 3.05) is 0 Å². The van der Waals surface area contributed by atoms with E-state index in [1.807, 2.05) is 0 Å². The number of nitro benzene ring substituents is 1. The van der Waals surface area contributed by atoms with Crippen molar-refractivity contribution in [1.82, 2.24) is 5.32 Å². The summed E-state index contributed by atoms with van der Waals surface area (Å²) in [5, 5.41) is 15.7. The van der Waals surface area contributed by atoms with Gasteiger partial charge in [-0.25, -0.2) is 0 Å². The molecule has 1 heterocycles. The van der Waals surface area contributed by atoms with Crippen LogP contribution < -0.4 is 5.32 Å². The van der Waals surface area contributed by atoms with Crippen LogP contribution in [-0.4, -0.2) is 28.6 Å². The molecule has 0 spiro atoms. The Labute approximate surface area is 127 Å². The highest BCUT2D eigenvalue weighted by Gasteiger charge is 2.26. The number of thiocarbonyl (C=S) groups is 1. The zero-order chi connectivity index (χ0) is 15.6. The molecule has 110 valence electrons. The van der Waals surface area contributed by atoms with E-state index in [4.69, 9.17) is 12.2 Å². The molecule has 1 aromatic carbocycles. The Morgan fingerprint density at radius 2 is 1.95 bits per heavy atom. The normalized spacial score (nSPS) is 16.9. The maximum atomic E-state index is 11.8. The number of hydrogen-bond acceptors (Lipinski definition) is 9. The minimum atomic E-state index is -4.28.